The number of phenolic OH excluding ortho intramolecular Hbond substituents is 1. The average Bonchev–Trinajstić information content (AvgIpc) is 2.35. The van der Waals surface area contributed by atoms with E-state index in [9.17, 15) is 9.90 Å². The van der Waals surface area contributed by atoms with Gasteiger partial charge in [-0.1, -0.05) is 18.2 Å². The van der Waals surface area contributed by atoms with Crippen molar-refractivity contribution in [3.8, 4) is 11.5 Å². The third kappa shape index (κ3) is 3.01. The zero-order valence-corrected chi connectivity index (χ0v) is 9.88. The molecule has 0 fully saturated rings. The molecule has 0 atom stereocenters. The van der Waals surface area contributed by atoms with Gasteiger partial charge in [0.1, 0.15) is 11.5 Å². The van der Waals surface area contributed by atoms with Gasteiger partial charge in [-0.15, -0.1) is 0 Å². The molecule has 0 aliphatic carbocycles. The van der Waals surface area contributed by atoms with Crippen molar-refractivity contribution in [1.29, 1.82) is 0 Å². The van der Waals surface area contributed by atoms with Gasteiger partial charge >= 0.3 is 6.09 Å². The largest absolute Gasteiger partial charge is 0.508 e. The van der Waals surface area contributed by atoms with Gasteiger partial charge in [0.25, 0.3) is 0 Å². The SMILES string of the molecule is Cc1cc(NC(=O)Oc2ccccc2)ccc1O. The van der Waals surface area contributed by atoms with E-state index >= 15 is 0 Å². The summed E-state index contributed by atoms with van der Waals surface area (Å²) < 4.78 is 5.08. The van der Waals surface area contributed by atoms with Gasteiger partial charge in [-0.05, 0) is 42.8 Å². The Hall–Kier alpha value is -2.49. The first-order valence-electron chi connectivity index (χ1n) is 5.48. The highest BCUT2D eigenvalue weighted by molar-refractivity contribution is 5.86. The van der Waals surface area contributed by atoms with Gasteiger partial charge in [-0.2, -0.15) is 0 Å². The van der Waals surface area contributed by atoms with Gasteiger partial charge in [-0.3, -0.25) is 5.32 Å². The Morgan fingerprint density at radius 3 is 2.56 bits per heavy atom. The number of benzene rings is 2. The van der Waals surface area contributed by atoms with E-state index in [1.807, 2.05) is 6.07 Å². The molecule has 0 aliphatic heterocycles. The van der Waals surface area contributed by atoms with Crippen LogP contribution in [0.2, 0.25) is 0 Å². The van der Waals surface area contributed by atoms with Gasteiger partial charge in [0.2, 0.25) is 0 Å². The van der Waals surface area contributed by atoms with Crippen LogP contribution in [-0.2, 0) is 0 Å². The molecule has 2 aromatic carbocycles. The molecule has 0 bridgehead atoms. The molecule has 0 saturated heterocycles. The van der Waals surface area contributed by atoms with Crippen LogP contribution in [0.25, 0.3) is 0 Å². The van der Waals surface area contributed by atoms with Crippen molar-refractivity contribution in [3.05, 3.63) is 54.1 Å². The lowest BCUT2D eigenvalue weighted by molar-refractivity contribution is 0.215. The predicted octanol–water partition coefficient (Wildman–Crippen LogP) is 3.31. The number of phenols is 1. The molecule has 2 rings (SSSR count). The highest BCUT2D eigenvalue weighted by atomic mass is 16.6. The number of hydrogen-bond donors (Lipinski definition) is 2. The molecule has 0 aromatic heterocycles. The third-order valence-corrected chi connectivity index (χ3v) is 2.40. The molecule has 0 radical (unpaired) electrons. The molecule has 2 aromatic rings. The number of anilines is 1. The molecular weight excluding hydrogens is 230 g/mol. The topological polar surface area (TPSA) is 58.6 Å². The smallest absolute Gasteiger partial charge is 0.417 e. The van der Waals surface area contributed by atoms with E-state index in [1.165, 1.54) is 6.07 Å². The van der Waals surface area contributed by atoms with Crippen molar-refractivity contribution >= 4 is 11.8 Å². The highest BCUT2D eigenvalue weighted by Crippen LogP contribution is 2.20. The summed E-state index contributed by atoms with van der Waals surface area (Å²) in [5, 5.41) is 12.0. The molecule has 0 unspecified atom stereocenters. The number of hydrogen-bond acceptors (Lipinski definition) is 3. The number of aryl methyl sites for hydroxylation is 1. The molecule has 0 aliphatic rings. The summed E-state index contributed by atoms with van der Waals surface area (Å²) in [5.41, 5.74) is 1.26. The highest BCUT2D eigenvalue weighted by Gasteiger charge is 2.05. The zero-order valence-electron chi connectivity index (χ0n) is 9.88. The normalized spacial score (nSPS) is 9.83. The van der Waals surface area contributed by atoms with Crippen LogP contribution in [0.3, 0.4) is 0 Å². The van der Waals surface area contributed by atoms with E-state index in [1.54, 1.807) is 43.3 Å². The average molecular weight is 243 g/mol. The minimum atomic E-state index is -0.564. The van der Waals surface area contributed by atoms with Crippen molar-refractivity contribution < 1.29 is 14.6 Å². The first-order valence-corrected chi connectivity index (χ1v) is 5.48. The molecule has 1 amide bonds. The molecule has 2 N–H and O–H groups in total. The second kappa shape index (κ2) is 5.23. The Morgan fingerprint density at radius 2 is 1.89 bits per heavy atom. The van der Waals surface area contributed by atoms with Crippen LogP contribution in [-0.4, -0.2) is 11.2 Å². The summed E-state index contributed by atoms with van der Waals surface area (Å²) in [6, 6.07) is 13.6. The lowest BCUT2D eigenvalue weighted by atomic mass is 10.2. The summed E-state index contributed by atoms with van der Waals surface area (Å²) in [5.74, 6) is 0.669. The van der Waals surface area contributed by atoms with Crippen molar-refractivity contribution in [1.82, 2.24) is 0 Å². The molecule has 4 nitrogen and oxygen atoms in total. The number of amides is 1. The number of rotatable bonds is 2. The Kier molecular flexibility index (Phi) is 3.48. The quantitative estimate of drug-likeness (QED) is 0.795. The lowest BCUT2D eigenvalue weighted by Crippen LogP contribution is -2.16. The Bertz CT molecular complexity index is 552. The summed E-state index contributed by atoms with van der Waals surface area (Å²) in [4.78, 5) is 11.6. The van der Waals surface area contributed by atoms with Crippen LogP contribution >= 0.6 is 0 Å². The van der Waals surface area contributed by atoms with Crippen LogP contribution < -0.4 is 10.1 Å². The first-order chi connectivity index (χ1) is 8.65. The van der Waals surface area contributed by atoms with Crippen molar-refractivity contribution in [2.24, 2.45) is 0 Å². The predicted molar refractivity (Wildman–Crippen MR) is 68.9 cm³/mol. The maximum atomic E-state index is 11.6. The minimum absolute atomic E-state index is 0.192. The fourth-order valence-electron chi connectivity index (χ4n) is 1.47. The van der Waals surface area contributed by atoms with E-state index in [4.69, 9.17) is 4.74 Å². The van der Waals surface area contributed by atoms with E-state index in [2.05, 4.69) is 5.32 Å². The molecule has 0 spiro atoms. The fourth-order valence-corrected chi connectivity index (χ4v) is 1.47. The van der Waals surface area contributed by atoms with Gasteiger partial charge < -0.3 is 9.84 Å². The number of aromatic hydroxyl groups is 1. The van der Waals surface area contributed by atoms with E-state index in [-0.39, 0.29) is 5.75 Å². The zero-order chi connectivity index (χ0) is 13.0. The second-order valence-corrected chi connectivity index (χ2v) is 3.83. The van der Waals surface area contributed by atoms with E-state index < -0.39 is 6.09 Å². The molecule has 92 valence electrons. The lowest BCUT2D eigenvalue weighted by Gasteiger charge is -2.07. The standard InChI is InChI=1S/C14H13NO3/c1-10-9-11(7-8-13(10)16)15-14(17)18-12-5-3-2-4-6-12/h2-9,16H,1H3,(H,15,17). The van der Waals surface area contributed by atoms with Gasteiger partial charge in [0, 0.05) is 5.69 Å². The molecule has 4 heteroatoms. The maximum absolute atomic E-state index is 11.6. The van der Waals surface area contributed by atoms with Crippen LogP contribution in [0.1, 0.15) is 5.56 Å². The molecule has 0 saturated carbocycles. The van der Waals surface area contributed by atoms with Gasteiger partial charge in [0.15, 0.2) is 0 Å². The number of carbonyl (C=O) groups is 1. The minimum Gasteiger partial charge on any atom is -0.508 e. The van der Waals surface area contributed by atoms with Crippen LogP contribution in [0, 0.1) is 6.92 Å². The van der Waals surface area contributed by atoms with Crippen LogP contribution in [0.5, 0.6) is 11.5 Å². The van der Waals surface area contributed by atoms with Crippen LogP contribution in [0.15, 0.2) is 48.5 Å². The molecule has 0 heterocycles. The van der Waals surface area contributed by atoms with E-state index in [0.29, 0.717) is 17.0 Å². The number of ether oxygens (including phenoxy) is 1. The van der Waals surface area contributed by atoms with Gasteiger partial charge in [0.05, 0.1) is 0 Å². The summed E-state index contributed by atoms with van der Waals surface area (Å²) in [6.07, 6.45) is -0.564. The van der Waals surface area contributed by atoms with Crippen molar-refractivity contribution in [2.45, 2.75) is 6.92 Å². The summed E-state index contributed by atoms with van der Waals surface area (Å²) in [6.45, 7) is 1.75. The molecular formula is C14H13NO3. The number of para-hydroxylation sites is 1. The van der Waals surface area contributed by atoms with Gasteiger partial charge in [-0.25, -0.2) is 4.79 Å². The Morgan fingerprint density at radius 1 is 1.17 bits per heavy atom. The number of carbonyl (C=O) groups excluding carboxylic acids is 1. The van der Waals surface area contributed by atoms with Crippen molar-refractivity contribution in [3.63, 3.8) is 0 Å². The third-order valence-electron chi connectivity index (χ3n) is 2.40. The van der Waals surface area contributed by atoms with Crippen molar-refractivity contribution in [2.75, 3.05) is 5.32 Å². The maximum Gasteiger partial charge on any atom is 0.417 e. The summed E-state index contributed by atoms with van der Waals surface area (Å²) >= 11 is 0. The fraction of sp³-hybridized carbons (Fsp3) is 0.0714. The molecule has 18 heavy (non-hydrogen) atoms. The summed E-state index contributed by atoms with van der Waals surface area (Å²) in [7, 11) is 0. The van der Waals surface area contributed by atoms with Crippen LogP contribution in [0.4, 0.5) is 10.5 Å². The second-order valence-electron chi connectivity index (χ2n) is 3.83. The number of nitrogens with one attached hydrogen (secondary N) is 1. The monoisotopic (exact) mass is 243 g/mol. The van der Waals surface area contributed by atoms with E-state index in [0.717, 1.165) is 0 Å². The Balaban J connectivity index is 2.01. The first kappa shape index (κ1) is 12.0. The Labute approximate surface area is 105 Å².